The van der Waals surface area contributed by atoms with Crippen molar-refractivity contribution in [1.82, 2.24) is 4.98 Å². The second-order valence-electron chi connectivity index (χ2n) is 6.07. The van der Waals surface area contributed by atoms with E-state index in [4.69, 9.17) is 0 Å². The third kappa shape index (κ3) is 2.54. The van der Waals surface area contributed by atoms with E-state index in [0.717, 1.165) is 31.4 Å². The molecule has 3 heteroatoms. The number of aliphatic hydroxyl groups excluding tert-OH is 2. The molecule has 104 valence electrons. The minimum absolute atomic E-state index is 0.0214. The molecule has 1 aromatic heterocycles. The van der Waals surface area contributed by atoms with Crippen molar-refractivity contribution in [3.8, 4) is 0 Å². The van der Waals surface area contributed by atoms with Crippen molar-refractivity contribution in [2.45, 2.75) is 63.1 Å². The Morgan fingerprint density at radius 3 is 2.63 bits per heavy atom. The molecule has 2 aliphatic rings. The van der Waals surface area contributed by atoms with Crippen LogP contribution in [0.3, 0.4) is 0 Å². The third-order valence-corrected chi connectivity index (χ3v) is 4.90. The maximum absolute atomic E-state index is 10.5. The van der Waals surface area contributed by atoms with Crippen molar-refractivity contribution < 1.29 is 10.2 Å². The van der Waals surface area contributed by atoms with Gasteiger partial charge in [0.1, 0.15) is 0 Å². The maximum atomic E-state index is 10.5. The average molecular weight is 261 g/mol. The van der Waals surface area contributed by atoms with Crippen molar-refractivity contribution >= 4 is 0 Å². The molecule has 19 heavy (non-hydrogen) atoms. The quantitative estimate of drug-likeness (QED) is 0.878. The van der Waals surface area contributed by atoms with E-state index in [1.54, 1.807) is 6.20 Å². The molecule has 0 bridgehead atoms. The van der Waals surface area contributed by atoms with E-state index < -0.39 is 12.2 Å². The standard InChI is InChI=1S/C16H23NO2/c18-15(12-5-2-1-3-6-12)16(19)13-9-8-11-7-4-10-17-14(11)13/h4,7,10,12-13,15-16,18-19H,1-3,5-6,8-9H2. The normalized spacial score (nSPS) is 26.9. The summed E-state index contributed by atoms with van der Waals surface area (Å²) in [4.78, 5) is 4.42. The van der Waals surface area contributed by atoms with Crippen LogP contribution in [0, 0.1) is 5.92 Å². The summed E-state index contributed by atoms with van der Waals surface area (Å²) in [5, 5.41) is 21.0. The van der Waals surface area contributed by atoms with Crippen LogP contribution in [0.25, 0.3) is 0 Å². The topological polar surface area (TPSA) is 53.4 Å². The number of hydrogen-bond donors (Lipinski definition) is 2. The van der Waals surface area contributed by atoms with Crippen molar-refractivity contribution in [3.63, 3.8) is 0 Å². The molecule has 1 heterocycles. The Hall–Kier alpha value is -0.930. The molecule has 3 unspecified atom stereocenters. The molecule has 0 saturated heterocycles. The molecular weight excluding hydrogens is 238 g/mol. The van der Waals surface area contributed by atoms with E-state index >= 15 is 0 Å². The first-order valence-electron chi connectivity index (χ1n) is 7.57. The molecule has 1 fully saturated rings. The van der Waals surface area contributed by atoms with Gasteiger partial charge in [0.05, 0.1) is 12.2 Å². The van der Waals surface area contributed by atoms with Crippen molar-refractivity contribution in [2.75, 3.05) is 0 Å². The molecule has 2 N–H and O–H groups in total. The largest absolute Gasteiger partial charge is 0.390 e. The van der Waals surface area contributed by atoms with Crippen molar-refractivity contribution in [2.24, 2.45) is 5.92 Å². The maximum Gasteiger partial charge on any atom is 0.0885 e. The smallest absolute Gasteiger partial charge is 0.0885 e. The van der Waals surface area contributed by atoms with Gasteiger partial charge in [0.25, 0.3) is 0 Å². The highest BCUT2D eigenvalue weighted by Gasteiger charge is 2.37. The van der Waals surface area contributed by atoms with Crippen LogP contribution in [-0.2, 0) is 6.42 Å². The number of aliphatic hydroxyl groups is 2. The monoisotopic (exact) mass is 261 g/mol. The van der Waals surface area contributed by atoms with Crippen LogP contribution >= 0.6 is 0 Å². The van der Waals surface area contributed by atoms with Gasteiger partial charge in [0.15, 0.2) is 0 Å². The minimum atomic E-state index is -0.653. The fourth-order valence-electron chi connectivity index (χ4n) is 3.77. The van der Waals surface area contributed by atoms with Crippen molar-refractivity contribution in [3.05, 3.63) is 29.6 Å². The third-order valence-electron chi connectivity index (χ3n) is 4.90. The molecule has 0 aliphatic heterocycles. The highest BCUT2D eigenvalue weighted by molar-refractivity contribution is 5.29. The minimum Gasteiger partial charge on any atom is -0.390 e. The fraction of sp³-hybridized carbons (Fsp3) is 0.688. The van der Waals surface area contributed by atoms with E-state index in [2.05, 4.69) is 11.1 Å². The molecule has 0 spiro atoms. The highest BCUT2D eigenvalue weighted by atomic mass is 16.3. The van der Waals surface area contributed by atoms with Crippen LogP contribution < -0.4 is 0 Å². The summed E-state index contributed by atoms with van der Waals surface area (Å²) in [5.74, 6) is 0.296. The van der Waals surface area contributed by atoms with Gasteiger partial charge in [-0.3, -0.25) is 4.98 Å². The van der Waals surface area contributed by atoms with Gasteiger partial charge >= 0.3 is 0 Å². The van der Waals surface area contributed by atoms with Crippen LogP contribution in [0.2, 0.25) is 0 Å². The van der Waals surface area contributed by atoms with Gasteiger partial charge in [0, 0.05) is 17.8 Å². The van der Waals surface area contributed by atoms with E-state index in [0.29, 0.717) is 0 Å². The molecular formula is C16H23NO2. The van der Waals surface area contributed by atoms with Crippen LogP contribution in [0.4, 0.5) is 0 Å². The first-order valence-corrected chi connectivity index (χ1v) is 7.57. The fourth-order valence-corrected chi connectivity index (χ4v) is 3.77. The summed E-state index contributed by atoms with van der Waals surface area (Å²) in [5.41, 5.74) is 2.24. The lowest BCUT2D eigenvalue weighted by Gasteiger charge is -2.32. The van der Waals surface area contributed by atoms with E-state index in [9.17, 15) is 10.2 Å². The lowest BCUT2D eigenvalue weighted by atomic mass is 9.80. The zero-order valence-corrected chi connectivity index (χ0v) is 11.3. The number of hydrogen-bond acceptors (Lipinski definition) is 3. The number of nitrogens with zero attached hydrogens (tertiary/aromatic N) is 1. The SMILES string of the molecule is OC(C1CCCCC1)C(O)C1CCc2cccnc21. The number of pyridine rings is 1. The molecule has 0 radical (unpaired) electrons. The Morgan fingerprint density at radius 2 is 1.84 bits per heavy atom. The van der Waals surface area contributed by atoms with Gasteiger partial charge < -0.3 is 10.2 Å². The van der Waals surface area contributed by atoms with Gasteiger partial charge in [-0.1, -0.05) is 25.3 Å². The number of rotatable bonds is 3. The van der Waals surface area contributed by atoms with E-state index in [1.165, 1.54) is 24.8 Å². The zero-order valence-electron chi connectivity index (χ0n) is 11.3. The van der Waals surface area contributed by atoms with Gasteiger partial charge in [-0.25, -0.2) is 0 Å². The Labute approximate surface area is 114 Å². The summed E-state index contributed by atoms with van der Waals surface area (Å²) >= 11 is 0. The summed E-state index contributed by atoms with van der Waals surface area (Å²) in [6.45, 7) is 0. The molecule has 0 amide bonds. The van der Waals surface area contributed by atoms with Gasteiger partial charge in [0.2, 0.25) is 0 Å². The number of aryl methyl sites for hydroxylation is 1. The van der Waals surface area contributed by atoms with Gasteiger partial charge in [-0.05, 0) is 43.2 Å². The molecule has 3 rings (SSSR count). The zero-order chi connectivity index (χ0) is 13.2. The molecule has 1 saturated carbocycles. The van der Waals surface area contributed by atoms with E-state index in [-0.39, 0.29) is 11.8 Å². The first-order chi connectivity index (χ1) is 9.27. The predicted octanol–water partition coefficient (Wildman–Crippen LogP) is 2.41. The van der Waals surface area contributed by atoms with E-state index in [1.807, 2.05) is 6.07 Å². The average Bonchev–Trinajstić information content (AvgIpc) is 2.90. The number of fused-ring (bicyclic) bond motifs is 1. The van der Waals surface area contributed by atoms with Crippen molar-refractivity contribution in [1.29, 1.82) is 0 Å². The second-order valence-corrected chi connectivity index (χ2v) is 6.07. The molecule has 0 aromatic carbocycles. The molecule has 2 aliphatic carbocycles. The predicted molar refractivity (Wildman–Crippen MR) is 73.9 cm³/mol. The Bertz CT molecular complexity index is 429. The lowest BCUT2D eigenvalue weighted by molar-refractivity contribution is -0.0401. The van der Waals surface area contributed by atoms with Crippen LogP contribution in [0.1, 0.15) is 55.7 Å². The Kier molecular flexibility index (Phi) is 3.85. The Balaban J connectivity index is 1.72. The van der Waals surface area contributed by atoms with Crippen LogP contribution in [0.15, 0.2) is 18.3 Å². The second kappa shape index (κ2) is 5.59. The summed E-state index contributed by atoms with van der Waals surface area (Å²) in [6.07, 6.45) is 8.20. The first kappa shape index (κ1) is 13.1. The summed E-state index contributed by atoms with van der Waals surface area (Å²) in [7, 11) is 0. The summed E-state index contributed by atoms with van der Waals surface area (Å²) < 4.78 is 0. The molecule has 3 nitrogen and oxygen atoms in total. The van der Waals surface area contributed by atoms with Gasteiger partial charge in [-0.15, -0.1) is 0 Å². The lowest BCUT2D eigenvalue weighted by Crippen LogP contribution is -2.38. The number of aromatic nitrogens is 1. The van der Waals surface area contributed by atoms with Crippen LogP contribution in [0.5, 0.6) is 0 Å². The Morgan fingerprint density at radius 1 is 1.05 bits per heavy atom. The van der Waals surface area contributed by atoms with Gasteiger partial charge in [-0.2, -0.15) is 0 Å². The van der Waals surface area contributed by atoms with Crippen LogP contribution in [-0.4, -0.2) is 27.4 Å². The summed E-state index contributed by atoms with van der Waals surface area (Å²) in [6, 6.07) is 4.03. The highest BCUT2D eigenvalue weighted by Crippen LogP contribution is 2.38. The molecule has 1 aromatic rings. The molecule has 3 atom stereocenters.